The van der Waals surface area contributed by atoms with Gasteiger partial charge in [-0.05, 0) is 25.0 Å². The SMILES string of the molecule is O=C(NC1=NN(c2ccccc2)C(=O)C1)C1CC1. The van der Waals surface area contributed by atoms with E-state index in [-0.39, 0.29) is 24.2 Å². The van der Waals surface area contributed by atoms with Gasteiger partial charge in [-0.15, -0.1) is 0 Å². The number of hydrogen-bond acceptors (Lipinski definition) is 3. The van der Waals surface area contributed by atoms with Crippen LogP contribution in [0.15, 0.2) is 35.4 Å². The van der Waals surface area contributed by atoms with Crippen molar-refractivity contribution in [3.63, 3.8) is 0 Å². The summed E-state index contributed by atoms with van der Waals surface area (Å²) in [4.78, 5) is 23.4. The lowest BCUT2D eigenvalue weighted by atomic mass is 10.3. The van der Waals surface area contributed by atoms with E-state index in [2.05, 4.69) is 10.4 Å². The van der Waals surface area contributed by atoms with E-state index in [1.165, 1.54) is 5.01 Å². The van der Waals surface area contributed by atoms with Gasteiger partial charge in [0.15, 0.2) is 0 Å². The molecule has 1 aromatic rings. The lowest BCUT2D eigenvalue weighted by Crippen LogP contribution is -2.30. The summed E-state index contributed by atoms with van der Waals surface area (Å²) < 4.78 is 0. The molecule has 2 amide bonds. The Bertz CT molecular complexity index is 520. The van der Waals surface area contributed by atoms with E-state index in [0.717, 1.165) is 18.5 Å². The van der Waals surface area contributed by atoms with E-state index in [1.807, 2.05) is 30.3 Å². The van der Waals surface area contributed by atoms with Crippen LogP contribution in [0.1, 0.15) is 19.3 Å². The molecule has 1 aliphatic carbocycles. The number of nitrogens with zero attached hydrogens (tertiary/aromatic N) is 2. The first-order valence-electron chi connectivity index (χ1n) is 6.00. The van der Waals surface area contributed by atoms with Crippen molar-refractivity contribution in [1.82, 2.24) is 5.32 Å². The van der Waals surface area contributed by atoms with Crippen LogP contribution in [0, 0.1) is 5.92 Å². The lowest BCUT2D eigenvalue weighted by molar-refractivity contribution is -0.120. The minimum absolute atomic E-state index is 0.0172. The van der Waals surface area contributed by atoms with E-state index >= 15 is 0 Å². The maximum Gasteiger partial charge on any atom is 0.255 e. The number of amides is 2. The zero-order valence-electron chi connectivity index (χ0n) is 9.80. The summed E-state index contributed by atoms with van der Waals surface area (Å²) in [5.41, 5.74) is 0.721. The van der Waals surface area contributed by atoms with E-state index < -0.39 is 0 Å². The third kappa shape index (κ3) is 2.11. The first-order valence-corrected chi connectivity index (χ1v) is 6.00. The minimum Gasteiger partial charge on any atom is -0.312 e. The summed E-state index contributed by atoms with van der Waals surface area (Å²) in [6.07, 6.45) is 2.04. The topological polar surface area (TPSA) is 61.8 Å². The standard InChI is InChI=1S/C13H13N3O2/c17-12-8-11(14-13(18)9-6-7-9)15-16(12)10-4-2-1-3-5-10/h1-5,9H,6-8H2,(H,14,15,18). The Morgan fingerprint density at radius 1 is 1.28 bits per heavy atom. The number of anilines is 1. The molecular formula is C13H13N3O2. The second-order valence-corrected chi connectivity index (χ2v) is 4.53. The molecule has 2 aliphatic rings. The number of amidine groups is 1. The Labute approximate surface area is 104 Å². The highest BCUT2D eigenvalue weighted by Crippen LogP contribution is 2.29. The van der Waals surface area contributed by atoms with Gasteiger partial charge in [0.05, 0.1) is 12.1 Å². The number of nitrogens with one attached hydrogen (secondary N) is 1. The molecule has 1 heterocycles. The van der Waals surface area contributed by atoms with Crippen LogP contribution in [0.4, 0.5) is 5.69 Å². The van der Waals surface area contributed by atoms with Crippen molar-refractivity contribution in [3.8, 4) is 0 Å². The quantitative estimate of drug-likeness (QED) is 0.850. The highest BCUT2D eigenvalue weighted by molar-refractivity contribution is 6.16. The van der Waals surface area contributed by atoms with Gasteiger partial charge < -0.3 is 5.32 Å². The molecule has 0 saturated heterocycles. The third-order valence-corrected chi connectivity index (χ3v) is 2.99. The van der Waals surface area contributed by atoms with E-state index in [1.54, 1.807) is 0 Å². The van der Waals surface area contributed by atoms with Crippen molar-refractivity contribution in [1.29, 1.82) is 0 Å². The average Bonchev–Trinajstić information content (AvgIpc) is 3.16. The molecule has 0 radical (unpaired) electrons. The maximum absolute atomic E-state index is 11.8. The van der Waals surface area contributed by atoms with Crippen LogP contribution in [0.5, 0.6) is 0 Å². The van der Waals surface area contributed by atoms with Gasteiger partial charge in [-0.3, -0.25) is 9.59 Å². The zero-order chi connectivity index (χ0) is 12.5. The average molecular weight is 243 g/mol. The molecule has 92 valence electrons. The molecule has 0 bridgehead atoms. The van der Waals surface area contributed by atoms with Crippen molar-refractivity contribution >= 4 is 23.3 Å². The Hall–Kier alpha value is -2.17. The summed E-state index contributed by atoms with van der Waals surface area (Å²) in [6.45, 7) is 0. The van der Waals surface area contributed by atoms with Crippen LogP contribution in [0.3, 0.4) is 0 Å². The van der Waals surface area contributed by atoms with E-state index in [9.17, 15) is 9.59 Å². The molecule has 0 spiro atoms. The number of carbonyl (C=O) groups is 2. The first kappa shape index (κ1) is 11.0. The number of rotatable bonds is 2. The molecule has 1 saturated carbocycles. The Balaban J connectivity index is 1.74. The fraction of sp³-hybridized carbons (Fsp3) is 0.308. The van der Waals surface area contributed by atoms with Crippen molar-refractivity contribution in [2.24, 2.45) is 11.0 Å². The fourth-order valence-corrected chi connectivity index (χ4v) is 1.86. The molecule has 1 aliphatic heterocycles. The van der Waals surface area contributed by atoms with Crippen LogP contribution in [-0.4, -0.2) is 17.6 Å². The van der Waals surface area contributed by atoms with Gasteiger partial charge in [-0.2, -0.15) is 10.1 Å². The predicted molar refractivity (Wildman–Crippen MR) is 66.8 cm³/mol. The second-order valence-electron chi connectivity index (χ2n) is 4.53. The van der Waals surface area contributed by atoms with Gasteiger partial charge in [0.2, 0.25) is 5.91 Å². The van der Waals surface area contributed by atoms with Gasteiger partial charge in [-0.1, -0.05) is 18.2 Å². The van der Waals surface area contributed by atoms with Gasteiger partial charge in [-0.25, -0.2) is 0 Å². The molecule has 5 heteroatoms. The molecular weight excluding hydrogens is 230 g/mol. The molecule has 1 fully saturated rings. The molecule has 0 unspecified atom stereocenters. The highest BCUT2D eigenvalue weighted by Gasteiger charge is 2.33. The van der Waals surface area contributed by atoms with Crippen LogP contribution < -0.4 is 10.3 Å². The van der Waals surface area contributed by atoms with Gasteiger partial charge in [0.25, 0.3) is 5.91 Å². The Morgan fingerprint density at radius 2 is 2.00 bits per heavy atom. The maximum atomic E-state index is 11.8. The molecule has 1 N–H and O–H groups in total. The summed E-state index contributed by atoms with van der Waals surface area (Å²) in [7, 11) is 0. The van der Waals surface area contributed by atoms with Crippen molar-refractivity contribution in [2.45, 2.75) is 19.3 Å². The lowest BCUT2D eigenvalue weighted by Gasteiger charge is -2.10. The third-order valence-electron chi connectivity index (χ3n) is 2.99. The highest BCUT2D eigenvalue weighted by atomic mass is 16.2. The smallest absolute Gasteiger partial charge is 0.255 e. The summed E-state index contributed by atoms with van der Waals surface area (Å²) in [5.74, 6) is 0.429. The number of benzene rings is 1. The van der Waals surface area contributed by atoms with E-state index in [4.69, 9.17) is 0 Å². The zero-order valence-corrected chi connectivity index (χ0v) is 9.80. The number of hydrogen-bond donors (Lipinski definition) is 1. The molecule has 18 heavy (non-hydrogen) atoms. The minimum atomic E-state index is -0.118. The molecule has 0 aromatic heterocycles. The number of hydrazone groups is 1. The molecule has 0 atom stereocenters. The van der Waals surface area contributed by atoms with E-state index in [0.29, 0.717) is 5.84 Å². The van der Waals surface area contributed by atoms with Crippen LogP contribution >= 0.6 is 0 Å². The number of carbonyl (C=O) groups excluding carboxylic acids is 2. The van der Waals surface area contributed by atoms with Crippen molar-refractivity contribution < 1.29 is 9.59 Å². The van der Waals surface area contributed by atoms with Crippen LogP contribution in [-0.2, 0) is 9.59 Å². The summed E-state index contributed by atoms with van der Waals surface area (Å²) >= 11 is 0. The molecule has 1 aromatic carbocycles. The van der Waals surface area contributed by atoms with Crippen molar-refractivity contribution in [3.05, 3.63) is 30.3 Å². The molecule has 5 nitrogen and oxygen atoms in total. The number of para-hydroxylation sites is 1. The van der Waals surface area contributed by atoms with Gasteiger partial charge >= 0.3 is 0 Å². The Kier molecular flexibility index (Phi) is 2.59. The van der Waals surface area contributed by atoms with Crippen molar-refractivity contribution in [2.75, 3.05) is 5.01 Å². The normalized spacial score (nSPS) is 18.8. The fourth-order valence-electron chi connectivity index (χ4n) is 1.86. The van der Waals surface area contributed by atoms with Gasteiger partial charge in [0, 0.05) is 5.92 Å². The predicted octanol–water partition coefficient (Wildman–Crippen LogP) is 1.26. The second kappa shape index (κ2) is 4.25. The summed E-state index contributed by atoms with van der Waals surface area (Å²) in [6, 6.07) is 9.20. The summed E-state index contributed by atoms with van der Waals surface area (Å²) in [5, 5.41) is 8.21. The van der Waals surface area contributed by atoms with Gasteiger partial charge in [0.1, 0.15) is 5.84 Å². The largest absolute Gasteiger partial charge is 0.312 e. The first-order chi connectivity index (χ1) is 8.74. The molecule has 3 rings (SSSR count). The van der Waals surface area contributed by atoms with Crippen LogP contribution in [0.25, 0.3) is 0 Å². The van der Waals surface area contributed by atoms with Crippen LogP contribution in [0.2, 0.25) is 0 Å². The monoisotopic (exact) mass is 243 g/mol. The Morgan fingerprint density at radius 3 is 2.67 bits per heavy atom.